The first-order valence-corrected chi connectivity index (χ1v) is 8.72. The van der Waals surface area contributed by atoms with Crippen molar-refractivity contribution in [3.8, 4) is 0 Å². The van der Waals surface area contributed by atoms with Gasteiger partial charge in [-0.15, -0.1) is 5.10 Å². The zero-order valence-corrected chi connectivity index (χ0v) is 14.8. The minimum atomic E-state index is -0.184. The number of anilines is 2. The number of nitrogens with one attached hydrogen (secondary N) is 1. The Morgan fingerprint density at radius 3 is 2.58 bits per heavy atom. The van der Waals surface area contributed by atoms with Crippen LogP contribution < -0.4 is 10.2 Å². The summed E-state index contributed by atoms with van der Waals surface area (Å²) in [6.45, 7) is 4.13. The molecule has 0 atom stereocenters. The van der Waals surface area contributed by atoms with Gasteiger partial charge in [-0.3, -0.25) is 0 Å². The van der Waals surface area contributed by atoms with E-state index in [0.29, 0.717) is 30.3 Å². The summed E-state index contributed by atoms with van der Waals surface area (Å²) in [4.78, 5) is 6.60. The average Bonchev–Trinajstić information content (AvgIpc) is 2.69. The smallest absolute Gasteiger partial charge is 0.247 e. The van der Waals surface area contributed by atoms with Gasteiger partial charge in [-0.05, 0) is 30.5 Å². The molecule has 5 nitrogen and oxygen atoms in total. The molecular formula is C20H22FN5. The summed E-state index contributed by atoms with van der Waals surface area (Å²) < 4.78 is 13.7. The van der Waals surface area contributed by atoms with Crippen LogP contribution in [0, 0.1) is 5.82 Å². The first-order chi connectivity index (χ1) is 12.8. The highest BCUT2D eigenvalue weighted by molar-refractivity contribution is 5.39. The number of benzene rings is 2. The van der Waals surface area contributed by atoms with Crippen LogP contribution >= 0.6 is 0 Å². The molecular weight excluding hydrogens is 329 g/mol. The molecule has 2 aromatic carbocycles. The maximum absolute atomic E-state index is 13.7. The van der Waals surface area contributed by atoms with Gasteiger partial charge in [0.15, 0.2) is 5.82 Å². The van der Waals surface area contributed by atoms with E-state index in [2.05, 4.69) is 44.5 Å². The monoisotopic (exact) mass is 351 g/mol. The predicted molar refractivity (Wildman–Crippen MR) is 102 cm³/mol. The molecule has 0 spiro atoms. The number of nitrogens with zero attached hydrogens (tertiary/aromatic N) is 4. The molecule has 3 rings (SSSR count). The average molecular weight is 351 g/mol. The van der Waals surface area contributed by atoms with Crippen LogP contribution in [0.2, 0.25) is 0 Å². The summed E-state index contributed by atoms with van der Waals surface area (Å²) >= 11 is 0. The highest BCUT2D eigenvalue weighted by Crippen LogP contribution is 2.13. The van der Waals surface area contributed by atoms with Crippen molar-refractivity contribution in [3.63, 3.8) is 0 Å². The van der Waals surface area contributed by atoms with E-state index >= 15 is 0 Å². The standard InChI is InChI=1S/C20H22FN5/c1-2-26(15-16-8-4-3-5-9-16)20-24-19(14-23-25-20)22-13-12-17-10-6-7-11-18(17)21/h3-11,14H,2,12-13,15H2,1H3,(H,22,24,25). The molecule has 1 aromatic heterocycles. The Labute approximate surface area is 152 Å². The van der Waals surface area contributed by atoms with Gasteiger partial charge in [0.25, 0.3) is 0 Å². The Hall–Kier alpha value is -3.02. The molecule has 134 valence electrons. The Morgan fingerprint density at radius 2 is 1.81 bits per heavy atom. The molecule has 0 radical (unpaired) electrons. The second-order valence-electron chi connectivity index (χ2n) is 5.91. The lowest BCUT2D eigenvalue weighted by atomic mass is 10.1. The largest absolute Gasteiger partial charge is 0.368 e. The van der Waals surface area contributed by atoms with Gasteiger partial charge in [-0.1, -0.05) is 48.5 Å². The highest BCUT2D eigenvalue weighted by Gasteiger charge is 2.10. The molecule has 0 aliphatic heterocycles. The van der Waals surface area contributed by atoms with Gasteiger partial charge in [0.1, 0.15) is 5.82 Å². The lowest BCUT2D eigenvalue weighted by Gasteiger charge is -2.20. The van der Waals surface area contributed by atoms with E-state index in [-0.39, 0.29) is 5.82 Å². The number of hydrogen-bond acceptors (Lipinski definition) is 5. The quantitative estimate of drug-likeness (QED) is 0.671. The van der Waals surface area contributed by atoms with Gasteiger partial charge < -0.3 is 10.2 Å². The first kappa shape index (κ1) is 17.8. The lowest BCUT2D eigenvalue weighted by Crippen LogP contribution is -2.25. The minimum Gasteiger partial charge on any atom is -0.368 e. The van der Waals surface area contributed by atoms with E-state index in [0.717, 1.165) is 13.1 Å². The van der Waals surface area contributed by atoms with Crippen LogP contribution in [-0.4, -0.2) is 28.3 Å². The molecule has 0 fully saturated rings. The van der Waals surface area contributed by atoms with Crippen LogP contribution in [0.15, 0.2) is 60.8 Å². The van der Waals surface area contributed by atoms with Crippen molar-refractivity contribution in [2.45, 2.75) is 19.9 Å². The fourth-order valence-corrected chi connectivity index (χ4v) is 2.67. The summed E-state index contributed by atoms with van der Waals surface area (Å²) in [6, 6.07) is 17.0. The summed E-state index contributed by atoms with van der Waals surface area (Å²) in [5, 5.41) is 11.4. The maximum Gasteiger partial charge on any atom is 0.247 e. The fraction of sp³-hybridized carbons (Fsp3) is 0.250. The third-order valence-electron chi connectivity index (χ3n) is 4.09. The van der Waals surface area contributed by atoms with Crippen LogP contribution in [-0.2, 0) is 13.0 Å². The molecule has 0 amide bonds. The number of halogens is 1. The lowest BCUT2D eigenvalue weighted by molar-refractivity contribution is 0.610. The van der Waals surface area contributed by atoms with Gasteiger partial charge in [0.2, 0.25) is 5.95 Å². The van der Waals surface area contributed by atoms with E-state index in [4.69, 9.17) is 0 Å². The molecule has 0 saturated heterocycles. The van der Waals surface area contributed by atoms with Gasteiger partial charge >= 0.3 is 0 Å². The number of hydrogen-bond donors (Lipinski definition) is 1. The van der Waals surface area contributed by atoms with Crippen LogP contribution in [0.1, 0.15) is 18.1 Å². The van der Waals surface area contributed by atoms with Crippen LogP contribution in [0.3, 0.4) is 0 Å². The topological polar surface area (TPSA) is 53.9 Å². The van der Waals surface area contributed by atoms with Crippen molar-refractivity contribution in [2.75, 3.05) is 23.3 Å². The molecule has 1 N–H and O–H groups in total. The summed E-state index contributed by atoms with van der Waals surface area (Å²) in [7, 11) is 0. The Balaban J connectivity index is 1.62. The van der Waals surface area contributed by atoms with Crippen LogP contribution in [0.25, 0.3) is 0 Å². The minimum absolute atomic E-state index is 0.184. The normalized spacial score (nSPS) is 10.5. The zero-order chi connectivity index (χ0) is 18.2. The van der Waals surface area contributed by atoms with Crippen molar-refractivity contribution in [1.82, 2.24) is 15.2 Å². The third kappa shape index (κ3) is 4.75. The van der Waals surface area contributed by atoms with Crippen LogP contribution in [0.5, 0.6) is 0 Å². The molecule has 0 bridgehead atoms. The van der Waals surface area contributed by atoms with E-state index < -0.39 is 0 Å². The molecule has 0 unspecified atom stereocenters. The summed E-state index contributed by atoms with van der Waals surface area (Å²) in [6.07, 6.45) is 2.16. The molecule has 26 heavy (non-hydrogen) atoms. The van der Waals surface area contributed by atoms with Gasteiger partial charge in [0.05, 0.1) is 6.20 Å². The van der Waals surface area contributed by atoms with Crippen LogP contribution in [0.4, 0.5) is 16.2 Å². The Bertz CT molecular complexity index is 825. The molecule has 1 heterocycles. The van der Waals surface area contributed by atoms with Crippen molar-refractivity contribution in [2.24, 2.45) is 0 Å². The third-order valence-corrected chi connectivity index (χ3v) is 4.09. The summed E-state index contributed by atoms with van der Waals surface area (Å²) in [5.41, 5.74) is 1.87. The van der Waals surface area contributed by atoms with E-state index in [1.54, 1.807) is 18.3 Å². The number of aromatic nitrogens is 3. The van der Waals surface area contributed by atoms with Crippen molar-refractivity contribution >= 4 is 11.8 Å². The SMILES string of the molecule is CCN(Cc1ccccc1)c1nncc(NCCc2ccccc2F)n1. The number of rotatable bonds is 8. The second kappa shape index (κ2) is 8.89. The van der Waals surface area contributed by atoms with Gasteiger partial charge in [0, 0.05) is 19.6 Å². The second-order valence-corrected chi connectivity index (χ2v) is 5.91. The molecule has 0 aliphatic carbocycles. The van der Waals surface area contributed by atoms with E-state index in [9.17, 15) is 4.39 Å². The highest BCUT2D eigenvalue weighted by atomic mass is 19.1. The molecule has 6 heteroatoms. The Morgan fingerprint density at radius 1 is 1.04 bits per heavy atom. The molecule has 3 aromatic rings. The van der Waals surface area contributed by atoms with Crippen molar-refractivity contribution in [1.29, 1.82) is 0 Å². The maximum atomic E-state index is 13.7. The zero-order valence-electron chi connectivity index (χ0n) is 14.8. The van der Waals surface area contributed by atoms with Gasteiger partial charge in [-0.2, -0.15) is 10.1 Å². The predicted octanol–water partition coefficient (Wildman–Crippen LogP) is 3.69. The first-order valence-electron chi connectivity index (χ1n) is 8.72. The molecule has 0 saturated carbocycles. The fourth-order valence-electron chi connectivity index (χ4n) is 2.67. The van der Waals surface area contributed by atoms with Crippen molar-refractivity contribution in [3.05, 3.63) is 77.7 Å². The summed E-state index contributed by atoms with van der Waals surface area (Å²) in [5.74, 6) is 1.03. The van der Waals surface area contributed by atoms with Gasteiger partial charge in [-0.25, -0.2) is 4.39 Å². The van der Waals surface area contributed by atoms with Crippen molar-refractivity contribution < 1.29 is 4.39 Å². The molecule has 0 aliphatic rings. The van der Waals surface area contributed by atoms with E-state index in [1.807, 2.05) is 24.3 Å². The Kier molecular flexibility index (Phi) is 6.09. The van der Waals surface area contributed by atoms with E-state index in [1.165, 1.54) is 11.6 Å².